The minimum absolute atomic E-state index is 0.605. The van der Waals surface area contributed by atoms with E-state index in [1.807, 2.05) is 39.8 Å². The van der Waals surface area contributed by atoms with Crippen molar-refractivity contribution in [2.75, 3.05) is 0 Å². The molecule has 0 fully saturated rings. The van der Waals surface area contributed by atoms with Crippen LogP contribution in [0.4, 0.5) is 4.39 Å². The van der Waals surface area contributed by atoms with Crippen LogP contribution >= 0.6 is 0 Å². The van der Waals surface area contributed by atoms with Crippen LogP contribution in [0.1, 0.15) is 40.5 Å². The second-order valence-electron chi connectivity index (χ2n) is 3.03. The highest BCUT2D eigenvalue weighted by Gasteiger charge is 2.09. The summed E-state index contributed by atoms with van der Waals surface area (Å²) in [5, 5.41) is 0. The van der Waals surface area contributed by atoms with Gasteiger partial charge in [0.05, 0.1) is 0 Å². The quantitative estimate of drug-likeness (QED) is 0.514. The van der Waals surface area contributed by atoms with Gasteiger partial charge in [-0.3, -0.25) is 0 Å². The predicted octanol–water partition coefficient (Wildman–Crippen LogP) is 4.04. The zero-order valence-electron chi connectivity index (χ0n) is 8.52. The number of rotatable bonds is 0. The Morgan fingerprint density at radius 2 is 1.42 bits per heavy atom. The third-order valence-electron chi connectivity index (χ3n) is 1.74. The zero-order valence-corrected chi connectivity index (χ0v) is 8.52. The fraction of sp³-hybridized carbons (Fsp3) is 0.636. The SMILES string of the molecule is CC.CC1=CC=C(C)CC(F)C1. The predicted molar refractivity (Wildman–Crippen MR) is 53.0 cm³/mol. The minimum atomic E-state index is -0.657. The van der Waals surface area contributed by atoms with Gasteiger partial charge < -0.3 is 0 Å². The molecule has 0 aliphatic heterocycles. The van der Waals surface area contributed by atoms with Crippen LogP contribution < -0.4 is 0 Å². The second-order valence-corrected chi connectivity index (χ2v) is 3.03. The van der Waals surface area contributed by atoms with Gasteiger partial charge in [0.2, 0.25) is 0 Å². The van der Waals surface area contributed by atoms with Gasteiger partial charge in [-0.15, -0.1) is 0 Å². The van der Waals surface area contributed by atoms with E-state index < -0.39 is 6.17 Å². The van der Waals surface area contributed by atoms with E-state index in [1.54, 1.807) is 0 Å². The lowest BCUT2D eigenvalue weighted by Gasteiger charge is -2.03. The molecule has 0 amide bonds. The van der Waals surface area contributed by atoms with Crippen molar-refractivity contribution < 1.29 is 4.39 Å². The Kier molecular flexibility index (Phi) is 5.69. The molecular formula is C11H19F. The number of alkyl halides is 1. The fourth-order valence-corrected chi connectivity index (χ4v) is 1.19. The topological polar surface area (TPSA) is 0 Å². The molecule has 0 N–H and O–H groups in total. The van der Waals surface area contributed by atoms with E-state index in [0.717, 1.165) is 11.1 Å². The van der Waals surface area contributed by atoms with Crippen LogP contribution in [0, 0.1) is 0 Å². The Labute approximate surface area is 75.2 Å². The molecule has 1 aliphatic rings. The molecule has 0 nitrogen and oxygen atoms in total. The van der Waals surface area contributed by atoms with Crippen molar-refractivity contribution in [2.24, 2.45) is 0 Å². The summed E-state index contributed by atoms with van der Waals surface area (Å²) in [7, 11) is 0. The summed E-state index contributed by atoms with van der Waals surface area (Å²) in [6, 6.07) is 0. The van der Waals surface area contributed by atoms with Crippen LogP contribution in [0.5, 0.6) is 0 Å². The highest BCUT2D eigenvalue weighted by molar-refractivity contribution is 5.19. The first-order chi connectivity index (χ1) is 5.68. The fourth-order valence-electron chi connectivity index (χ4n) is 1.19. The molecule has 0 atom stereocenters. The lowest BCUT2D eigenvalue weighted by molar-refractivity contribution is 0.330. The molecule has 1 heteroatoms. The van der Waals surface area contributed by atoms with Crippen molar-refractivity contribution in [2.45, 2.75) is 46.7 Å². The molecule has 1 aliphatic carbocycles. The van der Waals surface area contributed by atoms with E-state index in [4.69, 9.17) is 0 Å². The molecule has 1 rings (SSSR count). The van der Waals surface area contributed by atoms with E-state index in [-0.39, 0.29) is 0 Å². The van der Waals surface area contributed by atoms with Crippen LogP contribution in [-0.4, -0.2) is 6.17 Å². The summed E-state index contributed by atoms with van der Waals surface area (Å²) in [5.41, 5.74) is 2.29. The van der Waals surface area contributed by atoms with Gasteiger partial charge in [-0.2, -0.15) is 0 Å². The standard InChI is InChI=1S/C9H13F.C2H6/c1-7-3-4-8(2)6-9(10)5-7;1-2/h3-4,9H,5-6H2,1-2H3;1-2H3. The van der Waals surface area contributed by atoms with Gasteiger partial charge in [-0.05, 0) is 26.7 Å². The van der Waals surface area contributed by atoms with E-state index >= 15 is 0 Å². The third kappa shape index (κ3) is 4.32. The van der Waals surface area contributed by atoms with E-state index in [9.17, 15) is 4.39 Å². The normalized spacial score (nSPS) is 18.4. The molecule has 0 aromatic heterocycles. The van der Waals surface area contributed by atoms with Gasteiger partial charge in [0.25, 0.3) is 0 Å². The number of hydrogen-bond acceptors (Lipinski definition) is 0. The molecular weight excluding hydrogens is 151 g/mol. The number of allylic oxidation sites excluding steroid dienone is 4. The van der Waals surface area contributed by atoms with Gasteiger partial charge in [0, 0.05) is 0 Å². The summed E-state index contributed by atoms with van der Waals surface area (Å²) in [6.45, 7) is 7.95. The maximum atomic E-state index is 12.9. The summed E-state index contributed by atoms with van der Waals surface area (Å²) >= 11 is 0. The van der Waals surface area contributed by atoms with Crippen molar-refractivity contribution in [3.8, 4) is 0 Å². The minimum Gasteiger partial charge on any atom is -0.247 e. The van der Waals surface area contributed by atoms with Gasteiger partial charge in [0.15, 0.2) is 0 Å². The van der Waals surface area contributed by atoms with Crippen LogP contribution in [0.3, 0.4) is 0 Å². The Balaban J connectivity index is 0.000000561. The summed E-state index contributed by atoms with van der Waals surface area (Å²) in [4.78, 5) is 0. The maximum Gasteiger partial charge on any atom is 0.107 e. The molecule has 0 aromatic carbocycles. The molecule has 0 aromatic rings. The molecule has 0 saturated carbocycles. The highest BCUT2D eigenvalue weighted by atomic mass is 19.1. The zero-order chi connectivity index (χ0) is 9.56. The van der Waals surface area contributed by atoms with Gasteiger partial charge in [-0.1, -0.05) is 37.1 Å². The first-order valence-corrected chi connectivity index (χ1v) is 4.65. The molecule has 0 radical (unpaired) electrons. The van der Waals surface area contributed by atoms with Crippen molar-refractivity contribution in [1.82, 2.24) is 0 Å². The molecule has 0 bridgehead atoms. The lowest BCUT2D eigenvalue weighted by atomic mass is 10.1. The summed E-state index contributed by atoms with van der Waals surface area (Å²) < 4.78 is 12.9. The van der Waals surface area contributed by atoms with Crippen LogP contribution in [0.15, 0.2) is 23.3 Å². The molecule has 0 saturated heterocycles. The van der Waals surface area contributed by atoms with Gasteiger partial charge in [-0.25, -0.2) is 4.39 Å². The molecule has 12 heavy (non-hydrogen) atoms. The van der Waals surface area contributed by atoms with Crippen LogP contribution in [0.25, 0.3) is 0 Å². The Hall–Kier alpha value is -0.590. The molecule has 0 unspecified atom stereocenters. The highest BCUT2D eigenvalue weighted by Crippen LogP contribution is 2.19. The summed E-state index contributed by atoms with van der Waals surface area (Å²) in [6.07, 6.45) is 4.57. The number of hydrogen-bond donors (Lipinski definition) is 0. The second kappa shape index (κ2) is 5.99. The number of halogens is 1. The van der Waals surface area contributed by atoms with Crippen molar-refractivity contribution >= 4 is 0 Å². The van der Waals surface area contributed by atoms with Gasteiger partial charge in [0.1, 0.15) is 6.17 Å². The molecule has 70 valence electrons. The van der Waals surface area contributed by atoms with E-state index in [2.05, 4.69) is 0 Å². The van der Waals surface area contributed by atoms with Gasteiger partial charge >= 0.3 is 0 Å². The Morgan fingerprint density at radius 3 is 1.75 bits per heavy atom. The first kappa shape index (κ1) is 11.4. The maximum absolute atomic E-state index is 12.9. The van der Waals surface area contributed by atoms with Crippen molar-refractivity contribution in [3.05, 3.63) is 23.3 Å². The monoisotopic (exact) mass is 170 g/mol. The van der Waals surface area contributed by atoms with E-state index in [0.29, 0.717) is 12.8 Å². The Morgan fingerprint density at radius 1 is 1.08 bits per heavy atom. The van der Waals surface area contributed by atoms with Crippen LogP contribution in [0.2, 0.25) is 0 Å². The smallest absolute Gasteiger partial charge is 0.107 e. The largest absolute Gasteiger partial charge is 0.247 e. The van der Waals surface area contributed by atoms with Crippen LogP contribution in [-0.2, 0) is 0 Å². The molecule has 0 spiro atoms. The first-order valence-electron chi connectivity index (χ1n) is 4.65. The van der Waals surface area contributed by atoms with Crippen molar-refractivity contribution in [1.29, 1.82) is 0 Å². The third-order valence-corrected chi connectivity index (χ3v) is 1.74. The average Bonchev–Trinajstić information content (AvgIpc) is 2.16. The van der Waals surface area contributed by atoms with Crippen molar-refractivity contribution in [3.63, 3.8) is 0 Å². The Bertz CT molecular complexity index is 157. The van der Waals surface area contributed by atoms with E-state index in [1.165, 1.54) is 0 Å². The average molecular weight is 170 g/mol. The summed E-state index contributed by atoms with van der Waals surface area (Å²) in [5.74, 6) is 0. The molecule has 0 heterocycles. The lowest BCUT2D eigenvalue weighted by Crippen LogP contribution is -1.98.